The number of hydrogen-bond donors (Lipinski definition) is 1. The first-order valence-corrected chi connectivity index (χ1v) is 10.2. The van der Waals surface area contributed by atoms with Crippen LogP contribution in [0.4, 0.5) is 4.39 Å². The Morgan fingerprint density at radius 2 is 1.77 bits per heavy atom. The van der Waals surface area contributed by atoms with E-state index in [0.29, 0.717) is 24.6 Å². The molecule has 7 heteroatoms. The maximum Gasteiger partial charge on any atom is 0.260 e. The number of carbonyl (C=O) groups excluding carboxylic acids is 1. The average molecular weight is 416 g/mol. The van der Waals surface area contributed by atoms with Crippen LogP contribution in [0, 0.1) is 5.82 Å². The first kappa shape index (κ1) is 22.1. The number of piperazine rings is 1. The van der Waals surface area contributed by atoms with Gasteiger partial charge in [-0.1, -0.05) is 18.2 Å². The van der Waals surface area contributed by atoms with Crippen LogP contribution in [0.25, 0.3) is 0 Å². The standard InChI is InChI=1S/C23H30FN3O3/c1-16-13-27(17(2)12-26(16)14-18-4-7-20(24)8-5-18)23(28)15-30-21-9-6-19(11-25)10-22(21)29-3/h4-10,16-17H,11-15,25H2,1-3H3. The van der Waals surface area contributed by atoms with Gasteiger partial charge in [0.05, 0.1) is 7.11 Å². The lowest BCUT2D eigenvalue weighted by Crippen LogP contribution is -2.58. The number of amides is 1. The highest BCUT2D eigenvalue weighted by atomic mass is 19.1. The molecule has 0 aliphatic carbocycles. The fourth-order valence-electron chi connectivity index (χ4n) is 3.77. The zero-order valence-electron chi connectivity index (χ0n) is 17.8. The molecule has 1 aliphatic rings. The molecule has 0 spiro atoms. The number of benzene rings is 2. The van der Waals surface area contributed by atoms with E-state index in [0.717, 1.165) is 24.2 Å². The van der Waals surface area contributed by atoms with Crippen molar-refractivity contribution in [3.8, 4) is 11.5 Å². The molecule has 2 aromatic carbocycles. The molecule has 0 saturated carbocycles. The molecule has 0 aromatic heterocycles. The van der Waals surface area contributed by atoms with Gasteiger partial charge < -0.3 is 20.1 Å². The van der Waals surface area contributed by atoms with Crippen LogP contribution >= 0.6 is 0 Å². The van der Waals surface area contributed by atoms with E-state index in [-0.39, 0.29) is 30.4 Å². The van der Waals surface area contributed by atoms with Crippen LogP contribution in [0.2, 0.25) is 0 Å². The Labute approximate surface area is 177 Å². The number of carbonyl (C=O) groups is 1. The fraction of sp³-hybridized carbons (Fsp3) is 0.435. The molecule has 0 bridgehead atoms. The third-order valence-corrected chi connectivity index (χ3v) is 5.55. The summed E-state index contributed by atoms with van der Waals surface area (Å²) in [6, 6.07) is 12.3. The molecule has 2 unspecified atom stereocenters. The van der Waals surface area contributed by atoms with E-state index in [1.54, 1.807) is 25.3 Å². The van der Waals surface area contributed by atoms with Crippen molar-refractivity contribution in [2.45, 2.75) is 39.0 Å². The number of rotatable bonds is 7. The SMILES string of the molecule is COc1cc(CN)ccc1OCC(=O)N1CC(C)N(Cc2ccc(F)cc2)CC1C. The smallest absolute Gasteiger partial charge is 0.260 e. The molecule has 0 radical (unpaired) electrons. The van der Waals surface area contributed by atoms with Crippen LogP contribution in [0.5, 0.6) is 11.5 Å². The summed E-state index contributed by atoms with van der Waals surface area (Å²) >= 11 is 0. The summed E-state index contributed by atoms with van der Waals surface area (Å²) in [6.45, 7) is 6.60. The quantitative estimate of drug-likeness (QED) is 0.753. The summed E-state index contributed by atoms with van der Waals surface area (Å²) in [5, 5.41) is 0. The summed E-state index contributed by atoms with van der Waals surface area (Å²) in [6.07, 6.45) is 0. The molecular weight excluding hydrogens is 385 g/mol. The largest absolute Gasteiger partial charge is 0.493 e. The van der Waals surface area contributed by atoms with Crippen molar-refractivity contribution in [3.63, 3.8) is 0 Å². The minimum absolute atomic E-state index is 0.0483. The van der Waals surface area contributed by atoms with Gasteiger partial charge in [-0.3, -0.25) is 9.69 Å². The monoisotopic (exact) mass is 415 g/mol. The van der Waals surface area contributed by atoms with E-state index in [9.17, 15) is 9.18 Å². The van der Waals surface area contributed by atoms with Crippen molar-refractivity contribution in [3.05, 3.63) is 59.4 Å². The molecule has 2 atom stereocenters. The molecule has 1 saturated heterocycles. The zero-order valence-corrected chi connectivity index (χ0v) is 17.8. The first-order valence-electron chi connectivity index (χ1n) is 10.2. The molecular formula is C23H30FN3O3. The molecule has 1 amide bonds. The lowest BCUT2D eigenvalue weighted by molar-refractivity contribution is -0.139. The molecule has 1 aliphatic heterocycles. The van der Waals surface area contributed by atoms with Gasteiger partial charge in [0.15, 0.2) is 18.1 Å². The summed E-state index contributed by atoms with van der Waals surface area (Å²) in [4.78, 5) is 17.0. The van der Waals surface area contributed by atoms with E-state index in [2.05, 4.69) is 11.8 Å². The highest BCUT2D eigenvalue weighted by molar-refractivity contribution is 5.78. The average Bonchev–Trinajstić information content (AvgIpc) is 2.75. The highest BCUT2D eigenvalue weighted by Gasteiger charge is 2.32. The predicted octanol–water partition coefficient (Wildman–Crippen LogP) is 2.79. The summed E-state index contributed by atoms with van der Waals surface area (Å²) < 4.78 is 24.2. The maximum absolute atomic E-state index is 13.1. The van der Waals surface area contributed by atoms with Gasteiger partial charge in [-0.05, 0) is 49.2 Å². The number of methoxy groups -OCH3 is 1. The molecule has 30 heavy (non-hydrogen) atoms. The van der Waals surface area contributed by atoms with E-state index >= 15 is 0 Å². The Hall–Kier alpha value is -2.64. The molecule has 3 rings (SSSR count). The van der Waals surface area contributed by atoms with Crippen LogP contribution in [0.1, 0.15) is 25.0 Å². The Balaban J connectivity index is 1.58. The van der Waals surface area contributed by atoms with Gasteiger partial charge in [0.25, 0.3) is 5.91 Å². The lowest BCUT2D eigenvalue weighted by Gasteiger charge is -2.44. The van der Waals surface area contributed by atoms with Gasteiger partial charge in [-0.15, -0.1) is 0 Å². The number of nitrogens with zero attached hydrogens (tertiary/aromatic N) is 2. The highest BCUT2D eigenvalue weighted by Crippen LogP contribution is 2.28. The van der Waals surface area contributed by atoms with E-state index in [1.165, 1.54) is 12.1 Å². The van der Waals surface area contributed by atoms with Gasteiger partial charge in [-0.25, -0.2) is 4.39 Å². The van der Waals surface area contributed by atoms with Crippen LogP contribution < -0.4 is 15.2 Å². The molecule has 162 valence electrons. The van der Waals surface area contributed by atoms with E-state index in [1.807, 2.05) is 24.0 Å². The van der Waals surface area contributed by atoms with Gasteiger partial charge in [0.1, 0.15) is 5.82 Å². The van der Waals surface area contributed by atoms with Crippen molar-refractivity contribution in [1.82, 2.24) is 9.80 Å². The molecule has 2 aromatic rings. The summed E-state index contributed by atoms with van der Waals surface area (Å²) in [5.41, 5.74) is 7.66. The van der Waals surface area contributed by atoms with Crippen LogP contribution in [0.3, 0.4) is 0 Å². The zero-order chi connectivity index (χ0) is 21.7. The minimum Gasteiger partial charge on any atom is -0.493 e. The molecule has 6 nitrogen and oxygen atoms in total. The third kappa shape index (κ3) is 5.29. The number of ether oxygens (including phenoxy) is 2. The van der Waals surface area contributed by atoms with E-state index < -0.39 is 0 Å². The molecule has 1 fully saturated rings. The fourth-order valence-corrected chi connectivity index (χ4v) is 3.77. The Morgan fingerprint density at radius 1 is 1.07 bits per heavy atom. The first-order chi connectivity index (χ1) is 14.4. The summed E-state index contributed by atoms with van der Waals surface area (Å²) in [5.74, 6) is 0.806. The molecule has 1 heterocycles. The van der Waals surface area contributed by atoms with E-state index in [4.69, 9.17) is 15.2 Å². The Morgan fingerprint density at radius 3 is 2.43 bits per heavy atom. The van der Waals surface area contributed by atoms with Crippen molar-refractivity contribution in [2.24, 2.45) is 5.73 Å². The second kappa shape index (κ2) is 9.91. The van der Waals surface area contributed by atoms with Crippen LogP contribution in [-0.4, -0.2) is 54.6 Å². The maximum atomic E-state index is 13.1. The van der Waals surface area contributed by atoms with Gasteiger partial charge in [0.2, 0.25) is 0 Å². The van der Waals surface area contributed by atoms with Gasteiger partial charge in [0, 0.05) is 38.3 Å². The number of halogens is 1. The number of nitrogens with two attached hydrogens (primary N) is 1. The van der Waals surface area contributed by atoms with Gasteiger partial charge >= 0.3 is 0 Å². The van der Waals surface area contributed by atoms with Crippen LogP contribution in [0.15, 0.2) is 42.5 Å². The lowest BCUT2D eigenvalue weighted by atomic mass is 10.1. The van der Waals surface area contributed by atoms with Crippen molar-refractivity contribution >= 4 is 5.91 Å². The second-order valence-electron chi connectivity index (χ2n) is 7.78. The second-order valence-corrected chi connectivity index (χ2v) is 7.78. The van der Waals surface area contributed by atoms with Crippen molar-refractivity contribution < 1.29 is 18.7 Å². The normalized spacial score (nSPS) is 19.6. The van der Waals surface area contributed by atoms with Crippen LogP contribution in [-0.2, 0) is 17.9 Å². The minimum atomic E-state index is -0.232. The third-order valence-electron chi connectivity index (χ3n) is 5.55. The summed E-state index contributed by atoms with van der Waals surface area (Å²) in [7, 11) is 1.56. The Kier molecular flexibility index (Phi) is 7.29. The topological polar surface area (TPSA) is 68.0 Å². The Bertz CT molecular complexity index is 859. The predicted molar refractivity (Wildman–Crippen MR) is 114 cm³/mol. The van der Waals surface area contributed by atoms with Crippen molar-refractivity contribution in [1.29, 1.82) is 0 Å². The van der Waals surface area contributed by atoms with Gasteiger partial charge in [-0.2, -0.15) is 0 Å². The number of hydrogen-bond acceptors (Lipinski definition) is 5. The van der Waals surface area contributed by atoms with Crippen molar-refractivity contribution in [2.75, 3.05) is 26.8 Å². The molecule has 2 N–H and O–H groups in total.